The van der Waals surface area contributed by atoms with Gasteiger partial charge in [0.15, 0.2) is 0 Å². The van der Waals surface area contributed by atoms with Crippen molar-refractivity contribution in [2.75, 3.05) is 18.4 Å². The SMILES string of the molecule is Cc1cc(C)c(S(=O)(=O)N2CCCC(C(=O)Nc3ccc(CC#N)cc3)C2)c(C)c1. The van der Waals surface area contributed by atoms with E-state index in [-0.39, 0.29) is 12.5 Å². The quantitative estimate of drug-likeness (QED) is 0.790. The number of nitriles is 1. The lowest BCUT2D eigenvalue weighted by atomic mass is 9.98. The summed E-state index contributed by atoms with van der Waals surface area (Å²) in [6, 6.07) is 13.0. The molecular weight excluding hydrogens is 398 g/mol. The third-order valence-corrected chi connectivity index (χ3v) is 7.63. The van der Waals surface area contributed by atoms with E-state index in [1.165, 1.54) is 4.31 Å². The van der Waals surface area contributed by atoms with E-state index in [0.29, 0.717) is 36.4 Å². The smallest absolute Gasteiger partial charge is 0.243 e. The van der Waals surface area contributed by atoms with Gasteiger partial charge in [0.25, 0.3) is 0 Å². The van der Waals surface area contributed by atoms with Gasteiger partial charge in [-0.05, 0) is 62.4 Å². The van der Waals surface area contributed by atoms with Crippen molar-refractivity contribution >= 4 is 21.6 Å². The monoisotopic (exact) mass is 425 g/mol. The Morgan fingerprint density at radius 1 is 1.17 bits per heavy atom. The number of hydrogen-bond acceptors (Lipinski definition) is 4. The van der Waals surface area contributed by atoms with Gasteiger partial charge < -0.3 is 5.32 Å². The highest BCUT2D eigenvalue weighted by Crippen LogP contribution is 2.29. The predicted octanol–water partition coefficient (Wildman–Crippen LogP) is 3.72. The van der Waals surface area contributed by atoms with Crippen LogP contribution in [0.4, 0.5) is 5.69 Å². The van der Waals surface area contributed by atoms with E-state index in [0.717, 1.165) is 22.3 Å². The van der Waals surface area contributed by atoms with E-state index in [1.807, 2.05) is 32.9 Å². The molecule has 30 heavy (non-hydrogen) atoms. The van der Waals surface area contributed by atoms with Gasteiger partial charge in [-0.1, -0.05) is 29.8 Å². The molecule has 0 aliphatic carbocycles. The van der Waals surface area contributed by atoms with Crippen LogP contribution in [0.1, 0.15) is 35.1 Å². The van der Waals surface area contributed by atoms with Crippen molar-refractivity contribution in [3.63, 3.8) is 0 Å². The second-order valence-corrected chi connectivity index (χ2v) is 9.83. The summed E-state index contributed by atoms with van der Waals surface area (Å²) in [5.74, 6) is -0.585. The van der Waals surface area contributed by atoms with E-state index >= 15 is 0 Å². The molecule has 3 rings (SSSR count). The number of carbonyl (C=O) groups is 1. The summed E-state index contributed by atoms with van der Waals surface area (Å²) in [6.07, 6.45) is 1.61. The number of amides is 1. The standard InChI is InChI=1S/C23H27N3O3S/c1-16-13-17(2)22(18(3)14-16)30(28,29)26-12-4-5-20(15-26)23(27)25-21-8-6-19(7-9-21)10-11-24/h6-9,13-14,20H,4-5,10,12,15H2,1-3H3,(H,25,27). The van der Waals surface area contributed by atoms with Gasteiger partial charge in [0.05, 0.1) is 23.3 Å². The Kier molecular flexibility index (Phi) is 6.59. The number of carbonyl (C=O) groups excluding carboxylic acids is 1. The van der Waals surface area contributed by atoms with Crippen molar-refractivity contribution in [2.24, 2.45) is 5.92 Å². The van der Waals surface area contributed by atoms with E-state index < -0.39 is 15.9 Å². The van der Waals surface area contributed by atoms with E-state index in [4.69, 9.17) is 5.26 Å². The Labute approximate surface area is 178 Å². The normalized spacial score (nSPS) is 17.3. The zero-order valence-corrected chi connectivity index (χ0v) is 18.4. The number of benzene rings is 2. The first-order valence-corrected chi connectivity index (χ1v) is 11.5. The van der Waals surface area contributed by atoms with E-state index in [9.17, 15) is 13.2 Å². The van der Waals surface area contributed by atoms with Crippen LogP contribution in [-0.2, 0) is 21.2 Å². The topological polar surface area (TPSA) is 90.3 Å². The zero-order chi connectivity index (χ0) is 21.9. The molecule has 2 aromatic rings. The minimum Gasteiger partial charge on any atom is -0.326 e. The molecule has 1 unspecified atom stereocenters. The Balaban J connectivity index is 1.74. The lowest BCUT2D eigenvalue weighted by molar-refractivity contribution is -0.120. The lowest BCUT2D eigenvalue weighted by Crippen LogP contribution is -2.44. The number of hydrogen-bond donors (Lipinski definition) is 1. The number of nitrogens with one attached hydrogen (secondary N) is 1. The highest BCUT2D eigenvalue weighted by molar-refractivity contribution is 7.89. The maximum absolute atomic E-state index is 13.3. The van der Waals surface area contributed by atoms with E-state index in [1.54, 1.807) is 24.3 Å². The molecule has 1 heterocycles. The molecule has 1 saturated heterocycles. The fraction of sp³-hybridized carbons (Fsp3) is 0.391. The molecule has 1 amide bonds. The highest BCUT2D eigenvalue weighted by Gasteiger charge is 2.34. The van der Waals surface area contributed by atoms with Crippen molar-refractivity contribution < 1.29 is 13.2 Å². The summed E-state index contributed by atoms with van der Waals surface area (Å²) in [4.78, 5) is 13.1. The number of aryl methyl sites for hydroxylation is 3. The molecule has 2 aromatic carbocycles. The Morgan fingerprint density at radius 3 is 2.40 bits per heavy atom. The molecule has 158 valence electrons. The Bertz CT molecular complexity index is 1060. The molecule has 1 aliphatic rings. The maximum atomic E-state index is 13.3. The van der Waals surface area contributed by atoms with Crippen LogP contribution in [0.25, 0.3) is 0 Å². The summed E-state index contributed by atoms with van der Waals surface area (Å²) >= 11 is 0. The van der Waals surface area contributed by atoms with Crippen LogP contribution < -0.4 is 5.32 Å². The molecule has 1 fully saturated rings. The molecule has 0 aromatic heterocycles. The van der Waals surface area contributed by atoms with Crippen LogP contribution in [0.15, 0.2) is 41.3 Å². The van der Waals surface area contributed by atoms with Gasteiger partial charge in [-0.15, -0.1) is 0 Å². The Morgan fingerprint density at radius 2 is 1.80 bits per heavy atom. The first-order valence-electron chi connectivity index (χ1n) is 10.1. The molecular formula is C23H27N3O3S. The van der Waals surface area contributed by atoms with E-state index in [2.05, 4.69) is 11.4 Å². The van der Waals surface area contributed by atoms with Gasteiger partial charge in [0.1, 0.15) is 0 Å². The second-order valence-electron chi connectivity index (χ2n) is 7.95. The fourth-order valence-corrected chi connectivity index (χ4v) is 6.05. The zero-order valence-electron chi connectivity index (χ0n) is 17.6. The van der Waals surface area contributed by atoms with Crippen molar-refractivity contribution in [1.82, 2.24) is 4.31 Å². The Hall–Kier alpha value is -2.69. The summed E-state index contributed by atoms with van der Waals surface area (Å²) < 4.78 is 28.1. The molecule has 0 radical (unpaired) electrons. The molecule has 0 spiro atoms. The van der Waals surface area contributed by atoms with Gasteiger partial charge >= 0.3 is 0 Å². The van der Waals surface area contributed by atoms with Gasteiger partial charge in [-0.2, -0.15) is 9.57 Å². The average Bonchev–Trinajstić information content (AvgIpc) is 2.69. The molecule has 0 bridgehead atoms. The molecule has 1 N–H and O–H groups in total. The second kappa shape index (κ2) is 8.99. The molecule has 1 aliphatic heterocycles. The maximum Gasteiger partial charge on any atom is 0.243 e. The third-order valence-electron chi connectivity index (χ3n) is 5.46. The highest BCUT2D eigenvalue weighted by atomic mass is 32.2. The van der Waals surface area contributed by atoms with Crippen LogP contribution in [0, 0.1) is 38.0 Å². The molecule has 0 saturated carbocycles. The first kappa shape index (κ1) is 22.0. The summed E-state index contributed by atoms with van der Waals surface area (Å²) in [6.45, 7) is 6.17. The summed E-state index contributed by atoms with van der Waals surface area (Å²) in [5.41, 5.74) is 4.02. The first-order chi connectivity index (χ1) is 14.2. The number of sulfonamides is 1. The molecule has 6 nitrogen and oxygen atoms in total. The van der Waals surface area contributed by atoms with Gasteiger partial charge in [-0.25, -0.2) is 8.42 Å². The van der Waals surface area contributed by atoms with Crippen LogP contribution >= 0.6 is 0 Å². The average molecular weight is 426 g/mol. The van der Waals surface area contributed by atoms with Crippen LogP contribution in [-0.4, -0.2) is 31.7 Å². The largest absolute Gasteiger partial charge is 0.326 e. The van der Waals surface area contributed by atoms with Crippen molar-refractivity contribution in [2.45, 2.75) is 44.9 Å². The van der Waals surface area contributed by atoms with Crippen molar-refractivity contribution in [3.8, 4) is 6.07 Å². The molecule has 7 heteroatoms. The number of piperidine rings is 1. The van der Waals surface area contributed by atoms with Crippen molar-refractivity contribution in [1.29, 1.82) is 5.26 Å². The van der Waals surface area contributed by atoms with Gasteiger partial charge in [0, 0.05) is 18.8 Å². The number of anilines is 1. The lowest BCUT2D eigenvalue weighted by Gasteiger charge is -2.32. The predicted molar refractivity (Wildman–Crippen MR) is 117 cm³/mol. The molecule has 1 atom stereocenters. The van der Waals surface area contributed by atoms with Gasteiger partial charge in [0.2, 0.25) is 15.9 Å². The summed E-state index contributed by atoms with van der Waals surface area (Å²) in [5, 5.41) is 11.6. The van der Waals surface area contributed by atoms with Crippen LogP contribution in [0.3, 0.4) is 0 Å². The van der Waals surface area contributed by atoms with Gasteiger partial charge in [-0.3, -0.25) is 4.79 Å². The van der Waals surface area contributed by atoms with Crippen LogP contribution in [0.5, 0.6) is 0 Å². The third kappa shape index (κ3) is 4.72. The fourth-order valence-electron chi connectivity index (χ4n) is 4.12. The number of nitrogens with zero attached hydrogens (tertiary/aromatic N) is 2. The summed E-state index contributed by atoms with van der Waals surface area (Å²) in [7, 11) is -3.67. The minimum absolute atomic E-state index is 0.174. The number of rotatable bonds is 5. The van der Waals surface area contributed by atoms with Crippen molar-refractivity contribution in [3.05, 3.63) is 58.7 Å². The van der Waals surface area contributed by atoms with Crippen LogP contribution in [0.2, 0.25) is 0 Å². The minimum atomic E-state index is -3.67.